The highest BCUT2D eigenvalue weighted by molar-refractivity contribution is 7.22. The van der Waals surface area contributed by atoms with Gasteiger partial charge in [-0.15, -0.1) is 0 Å². The Hall–Kier alpha value is -2.17. The first-order valence-corrected chi connectivity index (χ1v) is 12.0. The highest BCUT2D eigenvalue weighted by atomic mass is 35.5. The van der Waals surface area contributed by atoms with Gasteiger partial charge in [0.1, 0.15) is 17.7 Å². The molecule has 1 fully saturated rings. The van der Waals surface area contributed by atoms with E-state index in [4.69, 9.17) is 32.7 Å². The maximum Gasteiger partial charge on any atom is 0.321 e. The molecule has 2 heterocycles. The number of halogens is 3. The summed E-state index contributed by atoms with van der Waals surface area (Å²) < 4.78 is 26.0. The number of hydrogen-bond acceptors (Lipinski definition) is 6. The van der Waals surface area contributed by atoms with E-state index in [0.29, 0.717) is 28.0 Å². The van der Waals surface area contributed by atoms with E-state index < -0.39 is 11.9 Å². The van der Waals surface area contributed by atoms with Crippen molar-refractivity contribution in [2.75, 3.05) is 44.7 Å². The molecule has 11 heteroatoms. The van der Waals surface area contributed by atoms with Gasteiger partial charge in [-0.2, -0.15) is 0 Å². The van der Waals surface area contributed by atoms with E-state index in [1.54, 1.807) is 19.1 Å². The van der Waals surface area contributed by atoms with Gasteiger partial charge in [0.2, 0.25) is 0 Å². The molecule has 2 aromatic carbocycles. The van der Waals surface area contributed by atoms with Crippen LogP contribution in [-0.4, -0.2) is 55.3 Å². The van der Waals surface area contributed by atoms with E-state index in [1.807, 2.05) is 6.07 Å². The summed E-state index contributed by atoms with van der Waals surface area (Å²) in [5.41, 5.74) is 1.12. The van der Waals surface area contributed by atoms with Crippen molar-refractivity contribution in [3.63, 3.8) is 0 Å². The molecule has 2 amide bonds. The number of nitrogens with one attached hydrogen (secondary N) is 2. The van der Waals surface area contributed by atoms with Crippen molar-refractivity contribution in [3.8, 4) is 5.75 Å². The lowest BCUT2D eigenvalue weighted by Gasteiger charge is -2.26. The van der Waals surface area contributed by atoms with Gasteiger partial charge in [-0.25, -0.2) is 14.2 Å². The second kappa shape index (κ2) is 10.8. The Balaban J connectivity index is 1.36. The summed E-state index contributed by atoms with van der Waals surface area (Å²) in [6.07, 6.45) is -0.569. The normalized spacial score (nSPS) is 15.4. The van der Waals surface area contributed by atoms with Crippen molar-refractivity contribution in [2.45, 2.75) is 13.0 Å². The quantitative estimate of drug-likeness (QED) is 0.418. The number of thiazole rings is 1. The van der Waals surface area contributed by atoms with E-state index in [2.05, 4.69) is 20.5 Å². The Morgan fingerprint density at radius 1 is 1.30 bits per heavy atom. The fraction of sp³-hybridized carbons (Fsp3) is 0.364. The number of anilines is 1. The summed E-state index contributed by atoms with van der Waals surface area (Å²) in [7, 11) is 0. The zero-order chi connectivity index (χ0) is 23.4. The van der Waals surface area contributed by atoms with Gasteiger partial charge < -0.3 is 14.8 Å². The van der Waals surface area contributed by atoms with Crippen molar-refractivity contribution < 1.29 is 18.7 Å². The predicted octanol–water partition coefficient (Wildman–Crippen LogP) is 5.34. The zero-order valence-electron chi connectivity index (χ0n) is 17.9. The number of benzene rings is 2. The number of rotatable bonds is 7. The highest BCUT2D eigenvalue weighted by Crippen LogP contribution is 2.36. The number of nitrogens with zero attached hydrogens (tertiary/aromatic N) is 2. The third kappa shape index (κ3) is 6.04. The zero-order valence-corrected chi connectivity index (χ0v) is 20.2. The van der Waals surface area contributed by atoms with Crippen LogP contribution in [0.5, 0.6) is 5.75 Å². The molecule has 0 aliphatic carbocycles. The predicted molar refractivity (Wildman–Crippen MR) is 129 cm³/mol. The molecule has 0 spiro atoms. The first-order valence-electron chi connectivity index (χ1n) is 10.5. The maximum atomic E-state index is 13.8. The molecule has 1 aromatic heterocycles. The minimum atomic E-state index is -0.569. The standard InChI is InChI=1S/C22H23Cl2FN4O3S/c1-13(19-15(23)3-4-16(25)20(19)24)32-14-2-5-17-18(12-14)33-22(27-17)28-21(30)26-6-7-29-8-10-31-11-9-29/h2-5,12-13H,6-11H2,1H3,(H2,26,27,28,30). The molecule has 2 N–H and O–H groups in total. The largest absolute Gasteiger partial charge is 0.486 e. The molecule has 0 radical (unpaired) electrons. The first kappa shape index (κ1) is 24.0. The summed E-state index contributed by atoms with van der Waals surface area (Å²) in [5, 5.41) is 6.38. The SMILES string of the molecule is CC(Oc1ccc2nc(NC(=O)NCCN3CCOCC3)sc2c1)c1c(Cl)ccc(F)c1Cl. The topological polar surface area (TPSA) is 75.7 Å². The second-order valence-electron chi connectivity index (χ2n) is 7.50. The number of aromatic nitrogens is 1. The van der Waals surface area contributed by atoms with Gasteiger partial charge in [0, 0.05) is 36.8 Å². The molecule has 1 saturated heterocycles. The Labute approximate surface area is 204 Å². The lowest BCUT2D eigenvalue weighted by atomic mass is 10.1. The van der Waals surface area contributed by atoms with Crippen LogP contribution >= 0.6 is 34.5 Å². The van der Waals surface area contributed by atoms with E-state index in [-0.39, 0.29) is 11.1 Å². The molecule has 1 unspecified atom stereocenters. The lowest BCUT2D eigenvalue weighted by Crippen LogP contribution is -2.42. The fourth-order valence-electron chi connectivity index (χ4n) is 3.50. The number of fused-ring (bicyclic) bond motifs is 1. The van der Waals surface area contributed by atoms with Crippen molar-refractivity contribution in [1.29, 1.82) is 0 Å². The van der Waals surface area contributed by atoms with E-state index in [0.717, 1.165) is 43.1 Å². The van der Waals surface area contributed by atoms with Crippen LogP contribution in [0.3, 0.4) is 0 Å². The average molecular weight is 513 g/mol. The number of urea groups is 1. The summed E-state index contributed by atoms with van der Waals surface area (Å²) in [4.78, 5) is 18.9. The molecule has 33 heavy (non-hydrogen) atoms. The second-order valence-corrected chi connectivity index (χ2v) is 9.32. The Kier molecular flexibility index (Phi) is 7.87. The van der Waals surface area contributed by atoms with Crippen LogP contribution in [0.1, 0.15) is 18.6 Å². The number of morpholine rings is 1. The number of amides is 2. The van der Waals surface area contributed by atoms with Gasteiger partial charge in [-0.3, -0.25) is 10.2 Å². The molecule has 0 saturated carbocycles. The smallest absolute Gasteiger partial charge is 0.321 e. The Morgan fingerprint density at radius 3 is 2.88 bits per heavy atom. The van der Waals surface area contributed by atoms with Crippen molar-refractivity contribution in [2.24, 2.45) is 0 Å². The van der Waals surface area contributed by atoms with E-state index in [1.165, 1.54) is 23.5 Å². The molecule has 1 atom stereocenters. The van der Waals surface area contributed by atoms with Gasteiger partial charge in [-0.05, 0) is 37.3 Å². The van der Waals surface area contributed by atoms with Gasteiger partial charge >= 0.3 is 6.03 Å². The highest BCUT2D eigenvalue weighted by Gasteiger charge is 2.19. The minimum Gasteiger partial charge on any atom is -0.486 e. The minimum absolute atomic E-state index is 0.0556. The summed E-state index contributed by atoms with van der Waals surface area (Å²) >= 11 is 13.6. The number of carbonyl (C=O) groups is 1. The van der Waals surface area contributed by atoms with Crippen LogP contribution in [0, 0.1) is 5.82 Å². The maximum absolute atomic E-state index is 13.8. The monoisotopic (exact) mass is 512 g/mol. The lowest BCUT2D eigenvalue weighted by molar-refractivity contribution is 0.0388. The van der Waals surface area contributed by atoms with Crippen LogP contribution in [-0.2, 0) is 4.74 Å². The Bertz CT molecular complexity index is 1140. The van der Waals surface area contributed by atoms with Crippen LogP contribution in [0.4, 0.5) is 14.3 Å². The van der Waals surface area contributed by atoms with Gasteiger partial charge in [0.25, 0.3) is 0 Å². The van der Waals surface area contributed by atoms with Gasteiger partial charge in [-0.1, -0.05) is 34.5 Å². The molecule has 1 aliphatic rings. The van der Waals surface area contributed by atoms with E-state index >= 15 is 0 Å². The van der Waals surface area contributed by atoms with Gasteiger partial charge in [0.05, 0.1) is 28.5 Å². The van der Waals surface area contributed by atoms with Crippen LogP contribution in [0.15, 0.2) is 30.3 Å². The van der Waals surface area contributed by atoms with Crippen LogP contribution in [0.25, 0.3) is 10.2 Å². The summed E-state index contributed by atoms with van der Waals surface area (Å²) in [5.74, 6) is -0.0000735. The first-order chi connectivity index (χ1) is 15.9. The van der Waals surface area contributed by atoms with Gasteiger partial charge in [0.15, 0.2) is 5.13 Å². The van der Waals surface area contributed by atoms with Crippen molar-refractivity contribution in [1.82, 2.24) is 15.2 Å². The fourth-order valence-corrected chi connectivity index (χ4v) is 5.07. The molecule has 1 aliphatic heterocycles. The third-order valence-corrected chi connectivity index (χ3v) is 6.84. The molecule has 3 aromatic rings. The average Bonchev–Trinajstić information content (AvgIpc) is 3.18. The van der Waals surface area contributed by atoms with Crippen molar-refractivity contribution in [3.05, 3.63) is 51.8 Å². The number of ether oxygens (including phenoxy) is 2. The molecular weight excluding hydrogens is 490 g/mol. The van der Waals surface area contributed by atoms with Crippen molar-refractivity contribution >= 4 is 55.9 Å². The third-order valence-electron chi connectivity index (χ3n) is 5.20. The molecule has 7 nitrogen and oxygen atoms in total. The number of carbonyl (C=O) groups excluding carboxylic acids is 1. The summed E-state index contributed by atoms with van der Waals surface area (Å²) in [6, 6.07) is 7.73. The molecule has 176 valence electrons. The molecular formula is C22H23Cl2FN4O3S. The van der Waals surface area contributed by atoms with Crippen LogP contribution in [0.2, 0.25) is 10.0 Å². The molecule has 0 bridgehead atoms. The Morgan fingerprint density at radius 2 is 2.09 bits per heavy atom. The van der Waals surface area contributed by atoms with E-state index in [9.17, 15) is 9.18 Å². The molecule has 4 rings (SSSR count). The number of hydrogen-bond donors (Lipinski definition) is 2. The summed E-state index contributed by atoms with van der Waals surface area (Å²) in [6.45, 7) is 6.27. The van der Waals surface area contributed by atoms with Crippen LogP contribution < -0.4 is 15.4 Å².